The van der Waals surface area contributed by atoms with E-state index in [0.29, 0.717) is 0 Å². The van der Waals surface area contributed by atoms with Gasteiger partial charge in [-0.1, -0.05) is 127 Å². The summed E-state index contributed by atoms with van der Waals surface area (Å²) in [5, 5.41) is 5.08. The fourth-order valence-electron chi connectivity index (χ4n) is 6.36. The number of rotatable bonds is 3. The molecule has 1 unspecified atom stereocenters. The molecule has 0 fully saturated rings. The quantitative estimate of drug-likeness (QED) is 0.217. The van der Waals surface area contributed by atoms with Gasteiger partial charge in [0.15, 0.2) is 7.14 Å². The van der Waals surface area contributed by atoms with Gasteiger partial charge in [0.2, 0.25) is 0 Å². The molecule has 0 radical (unpaired) electrons. The van der Waals surface area contributed by atoms with Gasteiger partial charge in [-0.05, 0) is 29.3 Å². The van der Waals surface area contributed by atoms with Crippen molar-refractivity contribution in [2.24, 2.45) is 0 Å². The molecule has 6 aromatic carbocycles. The Kier molecular flexibility index (Phi) is 4.83. The lowest BCUT2D eigenvalue weighted by Gasteiger charge is -2.17. The van der Waals surface area contributed by atoms with Crippen LogP contribution in [0.5, 0.6) is 0 Å². The van der Waals surface area contributed by atoms with Crippen LogP contribution in [0, 0.1) is 0 Å². The molecule has 0 bridgehead atoms. The van der Waals surface area contributed by atoms with Crippen molar-refractivity contribution in [3.63, 3.8) is 0 Å². The molecule has 7 aromatic rings. The second kappa shape index (κ2) is 8.43. The number of para-hydroxylation sites is 2. The van der Waals surface area contributed by atoms with E-state index in [1.54, 1.807) is 0 Å². The Morgan fingerprint density at radius 1 is 0.487 bits per heavy atom. The lowest BCUT2D eigenvalue weighted by molar-refractivity contribution is 0.593. The van der Waals surface area contributed by atoms with E-state index < -0.39 is 7.14 Å². The predicted octanol–water partition coefficient (Wildman–Crippen LogP) is 8.07. The summed E-state index contributed by atoms with van der Waals surface area (Å²) in [7, 11) is -3.04. The first-order valence-electron chi connectivity index (χ1n) is 13.2. The van der Waals surface area contributed by atoms with E-state index in [9.17, 15) is 0 Å². The van der Waals surface area contributed by atoms with Crippen LogP contribution in [-0.4, -0.2) is 4.57 Å². The van der Waals surface area contributed by atoms with Crippen molar-refractivity contribution >= 4 is 44.9 Å². The van der Waals surface area contributed by atoms with Crippen molar-refractivity contribution in [3.05, 3.63) is 146 Å². The SMILES string of the molecule is O=P1(c2ccccc2)c2ccccc2-c2c1ccc1c3ccccc3n(-c3ccccc3-c3ccccc3)c21. The van der Waals surface area contributed by atoms with Crippen LogP contribution in [-0.2, 0) is 4.57 Å². The van der Waals surface area contributed by atoms with Gasteiger partial charge in [-0.25, -0.2) is 0 Å². The van der Waals surface area contributed by atoms with Crippen LogP contribution in [0.15, 0.2) is 146 Å². The minimum Gasteiger partial charge on any atom is -0.309 e. The normalized spacial score (nSPS) is 15.9. The number of aromatic nitrogens is 1. The van der Waals surface area contributed by atoms with Gasteiger partial charge in [0.05, 0.1) is 16.7 Å². The highest BCUT2D eigenvalue weighted by atomic mass is 31.2. The van der Waals surface area contributed by atoms with Crippen molar-refractivity contribution in [2.75, 3.05) is 0 Å². The summed E-state index contributed by atoms with van der Waals surface area (Å²) in [6, 6.07) is 50.3. The highest BCUT2D eigenvalue weighted by Crippen LogP contribution is 2.54. The largest absolute Gasteiger partial charge is 0.309 e. The molecule has 0 aliphatic carbocycles. The Hall–Kier alpha value is -4.65. The Bertz CT molecular complexity index is 2090. The predicted molar refractivity (Wildman–Crippen MR) is 165 cm³/mol. The first kappa shape index (κ1) is 22.3. The van der Waals surface area contributed by atoms with Crippen LogP contribution >= 0.6 is 7.14 Å². The van der Waals surface area contributed by atoms with Gasteiger partial charge in [0.25, 0.3) is 0 Å². The van der Waals surface area contributed by atoms with E-state index in [-0.39, 0.29) is 0 Å². The number of benzene rings is 6. The summed E-state index contributed by atoms with van der Waals surface area (Å²) in [4.78, 5) is 0. The van der Waals surface area contributed by atoms with E-state index in [0.717, 1.165) is 49.3 Å². The second-order valence-electron chi connectivity index (χ2n) is 10.1. The summed E-state index contributed by atoms with van der Waals surface area (Å²) in [6.07, 6.45) is 0. The molecule has 8 rings (SSSR count). The smallest absolute Gasteiger partial charge is 0.172 e. The molecule has 1 aromatic heterocycles. The van der Waals surface area contributed by atoms with Gasteiger partial charge in [-0.3, -0.25) is 0 Å². The Morgan fingerprint density at radius 2 is 1.13 bits per heavy atom. The molecule has 2 nitrogen and oxygen atoms in total. The maximum absolute atomic E-state index is 15.2. The van der Waals surface area contributed by atoms with Gasteiger partial charge in [-0.15, -0.1) is 0 Å². The maximum Gasteiger partial charge on any atom is 0.172 e. The average Bonchev–Trinajstić information content (AvgIpc) is 3.49. The zero-order chi connectivity index (χ0) is 26.0. The third-order valence-electron chi connectivity index (χ3n) is 8.02. The summed E-state index contributed by atoms with van der Waals surface area (Å²) >= 11 is 0. The van der Waals surface area contributed by atoms with Crippen molar-refractivity contribution in [1.82, 2.24) is 4.57 Å². The first-order valence-corrected chi connectivity index (χ1v) is 14.9. The molecular formula is C36H24NOP. The van der Waals surface area contributed by atoms with Crippen LogP contribution in [0.1, 0.15) is 0 Å². The molecule has 1 atom stereocenters. The van der Waals surface area contributed by atoms with E-state index in [2.05, 4.69) is 114 Å². The molecule has 0 amide bonds. The van der Waals surface area contributed by atoms with Crippen molar-refractivity contribution in [3.8, 4) is 27.9 Å². The van der Waals surface area contributed by atoms with Crippen LogP contribution in [0.3, 0.4) is 0 Å². The van der Waals surface area contributed by atoms with Gasteiger partial charge in [0.1, 0.15) is 0 Å². The van der Waals surface area contributed by atoms with Gasteiger partial charge in [-0.2, -0.15) is 0 Å². The Balaban J connectivity index is 1.56. The summed E-state index contributed by atoms with van der Waals surface area (Å²) in [6.45, 7) is 0. The molecule has 184 valence electrons. The van der Waals surface area contributed by atoms with Gasteiger partial charge < -0.3 is 9.13 Å². The molecule has 39 heavy (non-hydrogen) atoms. The van der Waals surface area contributed by atoms with Crippen molar-refractivity contribution in [2.45, 2.75) is 0 Å². The third kappa shape index (κ3) is 3.07. The molecular weight excluding hydrogens is 493 g/mol. The minimum atomic E-state index is -3.04. The third-order valence-corrected chi connectivity index (χ3v) is 11.2. The molecule has 2 heterocycles. The lowest BCUT2D eigenvalue weighted by atomic mass is 10.0. The zero-order valence-electron chi connectivity index (χ0n) is 21.2. The van der Waals surface area contributed by atoms with Crippen molar-refractivity contribution in [1.29, 1.82) is 0 Å². The van der Waals surface area contributed by atoms with Crippen LogP contribution < -0.4 is 15.9 Å². The fourth-order valence-corrected chi connectivity index (χ4v) is 9.42. The number of fused-ring (bicyclic) bond motifs is 7. The molecule has 1 aliphatic heterocycles. The summed E-state index contributed by atoms with van der Waals surface area (Å²) < 4.78 is 17.6. The number of nitrogens with zero attached hydrogens (tertiary/aromatic N) is 1. The van der Waals surface area contributed by atoms with E-state index in [1.165, 1.54) is 16.3 Å². The topological polar surface area (TPSA) is 22.0 Å². The molecule has 0 spiro atoms. The van der Waals surface area contributed by atoms with Crippen LogP contribution in [0.4, 0.5) is 0 Å². The van der Waals surface area contributed by atoms with Gasteiger partial charge >= 0.3 is 0 Å². The highest BCUT2D eigenvalue weighted by molar-refractivity contribution is 7.86. The molecule has 3 heteroatoms. The molecule has 0 saturated carbocycles. The number of hydrogen-bond acceptors (Lipinski definition) is 1. The number of hydrogen-bond donors (Lipinski definition) is 0. The van der Waals surface area contributed by atoms with Crippen molar-refractivity contribution < 1.29 is 4.57 Å². The Labute approximate surface area is 227 Å². The van der Waals surface area contributed by atoms with E-state index in [4.69, 9.17) is 0 Å². The van der Waals surface area contributed by atoms with Gasteiger partial charge in [0, 0.05) is 37.8 Å². The summed E-state index contributed by atoms with van der Waals surface area (Å²) in [5.74, 6) is 0. The fraction of sp³-hybridized carbons (Fsp3) is 0. The van der Waals surface area contributed by atoms with E-state index >= 15 is 4.57 Å². The second-order valence-corrected chi connectivity index (χ2v) is 12.8. The van der Waals surface area contributed by atoms with E-state index in [1.807, 2.05) is 36.4 Å². The summed E-state index contributed by atoms with van der Waals surface area (Å²) in [5.41, 5.74) is 7.84. The standard InChI is InChI=1S/C36H24NOP/c38-39(26-15-5-2-6-16-26)33-22-12-9-19-30(33)35-34(39)24-23-29-28-18-8-11-21-32(28)37(36(29)35)31-20-10-7-17-27(31)25-13-3-1-4-14-25/h1-24H. The van der Waals surface area contributed by atoms with Crippen LogP contribution in [0.2, 0.25) is 0 Å². The molecule has 1 aliphatic rings. The minimum absolute atomic E-state index is 0.878. The highest BCUT2D eigenvalue weighted by Gasteiger charge is 2.41. The molecule has 0 saturated heterocycles. The van der Waals surface area contributed by atoms with Crippen LogP contribution in [0.25, 0.3) is 49.7 Å². The monoisotopic (exact) mass is 517 g/mol. The average molecular weight is 518 g/mol. The maximum atomic E-state index is 15.2. The first-order chi connectivity index (χ1) is 19.3. The zero-order valence-corrected chi connectivity index (χ0v) is 22.1. The lowest BCUT2D eigenvalue weighted by Crippen LogP contribution is -2.20. The Morgan fingerprint density at radius 3 is 1.95 bits per heavy atom. The molecule has 0 N–H and O–H groups in total.